The van der Waals surface area contributed by atoms with Gasteiger partial charge < -0.3 is 14.5 Å². The number of aromatic nitrogens is 2. The van der Waals surface area contributed by atoms with Gasteiger partial charge in [0.15, 0.2) is 0 Å². The molecule has 3 aliphatic rings. The fourth-order valence-electron chi connectivity index (χ4n) is 3.57. The monoisotopic (exact) mass is 304 g/mol. The molecule has 0 bridgehead atoms. The number of carbonyl (C=O) groups excluding carboxylic acids is 1. The number of ether oxygens (including phenoxy) is 1. The smallest absolute Gasteiger partial charge is 0.410 e. The predicted octanol–water partition coefficient (Wildman–Crippen LogP) is 2.09. The molecule has 2 aliphatic heterocycles. The van der Waals surface area contributed by atoms with Gasteiger partial charge in [-0.15, -0.1) is 0 Å². The highest BCUT2D eigenvalue weighted by Crippen LogP contribution is 2.47. The predicted molar refractivity (Wildman–Crippen MR) is 82.7 cm³/mol. The van der Waals surface area contributed by atoms with Crippen LogP contribution in [0.25, 0.3) is 0 Å². The Kier molecular flexibility index (Phi) is 2.93. The highest BCUT2D eigenvalue weighted by atomic mass is 16.6. The maximum absolute atomic E-state index is 12.3. The van der Waals surface area contributed by atoms with Gasteiger partial charge in [0.2, 0.25) is 0 Å². The Labute approximate surface area is 131 Å². The molecule has 1 saturated heterocycles. The molecule has 2 atom stereocenters. The summed E-state index contributed by atoms with van der Waals surface area (Å²) >= 11 is 0. The van der Waals surface area contributed by atoms with Crippen LogP contribution >= 0.6 is 0 Å². The fourth-order valence-corrected chi connectivity index (χ4v) is 3.57. The molecule has 1 amide bonds. The van der Waals surface area contributed by atoms with Crippen molar-refractivity contribution in [3.05, 3.63) is 11.9 Å². The van der Waals surface area contributed by atoms with Crippen molar-refractivity contribution in [1.82, 2.24) is 14.7 Å². The highest BCUT2D eigenvalue weighted by Gasteiger charge is 2.46. The van der Waals surface area contributed by atoms with E-state index in [2.05, 4.69) is 10.00 Å². The van der Waals surface area contributed by atoms with Crippen LogP contribution < -0.4 is 4.90 Å². The van der Waals surface area contributed by atoms with Crippen LogP contribution in [-0.2, 0) is 17.8 Å². The van der Waals surface area contributed by atoms with Crippen LogP contribution in [0.15, 0.2) is 6.20 Å². The van der Waals surface area contributed by atoms with Gasteiger partial charge in [-0.3, -0.25) is 4.68 Å². The Balaban J connectivity index is 1.50. The molecule has 1 aromatic heterocycles. The summed E-state index contributed by atoms with van der Waals surface area (Å²) in [5, 5.41) is 4.51. The lowest BCUT2D eigenvalue weighted by Crippen LogP contribution is -2.42. The molecule has 1 saturated carbocycles. The molecule has 1 aliphatic carbocycles. The molecule has 0 N–H and O–H groups in total. The molecule has 0 radical (unpaired) electrons. The fraction of sp³-hybridized carbons (Fsp3) is 0.750. The summed E-state index contributed by atoms with van der Waals surface area (Å²) < 4.78 is 7.54. The molecule has 4 rings (SSSR count). The number of anilines is 1. The molecule has 22 heavy (non-hydrogen) atoms. The van der Waals surface area contributed by atoms with Crippen molar-refractivity contribution >= 4 is 11.8 Å². The summed E-state index contributed by atoms with van der Waals surface area (Å²) in [6.07, 6.45) is 3.14. The Morgan fingerprint density at radius 3 is 2.68 bits per heavy atom. The van der Waals surface area contributed by atoms with Gasteiger partial charge in [-0.2, -0.15) is 5.10 Å². The molecular weight excluding hydrogens is 280 g/mol. The minimum absolute atomic E-state index is 0.227. The summed E-state index contributed by atoms with van der Waals surface area (Å²) in [5.74, 6) is 1.78. The zero-order valence-electron chi connectivity index (χ0n) is 13.6. The Hall–Kier alpha value is -1.72. The van der Waals surface area contributed by atoms with Crippen LogP contribution in [0.2, 0.25) is 0 Å². The lowest BCUT2D eigenvalue weighted by molar-refractivity contribution is 0.0195. The first-order valence-electron chi connectivity index (χ1n) is 8.18. The number of nitrogens with zero attached hydrogens (tertiary/aromatic N) is 4. The van der Waals surface area contributed by atoms with Crippen LogP contribution in [-0.4, -0.2) is 46.0 Å². The maximum Gasteiger partial charge on any atom is 0.410 e. The first-order valence-corrected chi connectivity index (χ1v) is 8.18. The van der Waals surface area contributed by atoms with Crippen molar-refractivity contribution in [2.75, 3.05) is 24.5 Å². The summed E-state index contributed by atoms with van der Waals surface area (Å²) in [6, 6.07) is 0. The van der Waals surface area contributed by atoms with Crippen molar-refractivity contribution in [3.63, 3.8) is 0 Å². The number of rotatable bonds is 1. The minimum Gasteiger partial charge on any atom is -0.444 e. The van der Waals surface area contributed by atoms with Gasteiger partial charge in [-0.05, 0) is 39.0 Å². The van der Waals surface area contributed by atoms with E-state index in [4.69, 9.17) is 4.74 Å². The first kappa shape index (κ1) is 13.9. The number of hydrogen-bond donors (Lipinski definition) is 0. The van der Waals surface area contributed by atoms with E-state index in [0.29, 0.717) is 13.1 Å². The molecule has 2 fully saturated rings. The Morgan fingerprint density at radius 1 is 1.27 bits per heavy atom. The van der Waals surface area contributed by atoms with E-state index >= 15 is 0 Å². The molecule has 120 valence electrons. The summed E-state index contributed by atoms with van der Waals surface area (Å²) in [6.45, 7) is 10.0. The third-order valence-electron chi connectivity index (χ3n) is 4.82. The molecule has 6 nitrogen and oxygen atoms in total. The van der Waals surface area contributed by atoms with E-state index in [1.54, 1.807) is 4.90 Å². The van der Waals surface area contributed by atoms with Crippen LogP contribution in [0, 0.1) is 11.8 Å². The number of hydrogen-bond acceptors (Lipinski definition) is 4. The van der Waals surface area contributed by atoms with Crippen molar-refractivity contribution < 1.29 is 9.53 Å². The lowest BCUT2D eigenvalue weighted by Gasteiger charge is -2.31. The van der Waals surface area contributed by atoms with Gasteiger partial charge >= 0.3 is 6.09 Å². The van der Waals surface area contributed by atoms with E-state index in [-0.39, 0.29) is 6.09 Å². The van der Waals surface area contributed by atoms with Crippen molar-refractivity contribution in [1.29, 1.82) is 0 Å². The summed E-state index contributed by atoms with van der Waals surface area (Å²) in [7, 11) is 0. The van der Waals surface area contributed by atoms with E-state index in [1.807, 2.05) is 31.6 Å². The molecule has 3 heterocycles. The second kappa shape index (κ2) is 4.64. The van der Waals surface area contributed by atoms with Crippen LogP contribution in [0.5, 0.6) is 0 Å². The SMILES string of the molecule is CC(C)(C)OC(=O)N1CCn2ncc(N3CC4CC4C3)c2C1. The van der Waals surface area contributed by atoms with Gasteiger partial charge in [-0.1, -0.05) is 0 Å². The summed E-state index contributed by atoms with van der Waals surface area (Å²) in [5.41, 5.74) is 1.91. The van der Waals surface area contributed by atoms with Gasteiger partial charge in [0, 0.05) is 19.6 Å². The van der Waals surface area contributed by atoms with Crippen LogP contribution in [0.1, 0.15) is 32.9 Å². The molecule has 6 heteroatoms. The zero-order chi connectivity index (χ0) is 15.5. The zero-order valence-corrected chi connectivity index (χ0v) is 13.6. The lowest BCUT2D eigenvalue weighted by atomic mass is 10.2. The van der Waals surface area contributed by atoms with Crippen LogP contribution in [0.3, 0.4) is 0 Å². The topological polar surface area (TPSA) is 50.6 Å². The third-order valence-corrected chi connectivity index (χ3v) is 4.82. The molecule has 1 aromatic rings. The van der Waals surface area contributed by atoms with Gasteiger partial charge in [0.25, 0.3) is 0 Å². The Bertz CT molecular complexity index is 594. The standard InChI is InChI=1S/C16H24N4O2/c1-16(2,3)22-15(21)18-4-5-20-14(10-18)13(7-17-20)19-8-11-6-12(11)9-19/h7,11-12H,4-6,8-10H2,1-3H3. The molecule has 2 unspecified atom stereocenters. The van der Waals surface area contributed by atoms with Crippen molar-refractivity contribution in [3.8, 4) is 0 Å². The van der Waals surface area contributed by atoms with E-state index in [1.165, 1.54) is 12.1 Å². The van der Waals surface area contributed by atoms with E-state index in [0.717, 1.165) is 37.2 Å². The second-order valence-corrected chi connectivity index (χ2v) is 7.76. The quantitative estimate of drug-likeness (QED) is 0.797. The number of carbonyl (C=O) groups is 1. The van der Waals surface area contributed by atoms with Crippen LogP contribution in [0.4, 0.5) is 10.5 Å². The number of fused-ring (bicyclic) bond motifs is 2. The van der Waals surface area contributed by atoms with E-state index in [9.17, 15) is 4.79 Å². The van der Waals surface area contributed by atoms with Gasteiger partial charge in [-0.25, -0.2) is 4.79 Å². The largest absolute Gasteiger partial charge is 0.444 e. The average Bonchev–Trinajstić information content (AvgIpc) is 2.87. The first-order chi connectivity index (χ1) is 10.4. The van der Waals surface area contributed by atoms with Gasteiger partial charge in [0.1, 0.15) is 5.60 Å². The molecule has 0 aromatic carbocycles. The number of amides is 1. The normalized spacial score (nSPS) is 26.7. The Morgan fingerprint density at radius 2 is 2.00 bits per heavy atom. The average molecular weight is 304 g/mol. The maximum atomic E-state index is 12.3. The number of piperidine rings is 1. The van der Waals surface area contributed by atoms with E-state index < -0.39 is 5.60 Å². The molecular formula is C16H24N4O2. The second-order valence-electron chi connectivity index (χ2n) is 7.76. The highest BCUT2D eigenvalue weighted by molar-refractivity contribution is 5.69. The summed E-state index contributed by atoms with van der Waals surface area (Å²) in [4.78, 5) is 16.5. The minimum atomic E-state index is -0.451. The third kappa shape index (κ3) is 2.44. The van der Waals surface area contributed by atoms with Crippen molar-refractivity contribution in [2.24, 2.45) is 11.8 Å². The van der Waals surface area contributed by atoms with Gasteiger partial charge in [0.05, 0.1) is 30.7 Å². The van der Waals surface area contributed by atoms with Crippen molar-refractivity contribution in [2.45, 2.75) is 45.9 Å². The molecule has 0 spiro atoms.